The van der Waals surface area contributed by atoms with Crippen molar-refractivity contribution in [3.05, 3.63) is 10.7 Å². The number of rotatable bonds is 4. The first-order valence-electron chi connectivity index (χ1n) is 5.45. The monoisotopic (exact) mass is 316 g/mol. The molecule has 0 aromatic heterocycles. The Kier molecular flexibility index (Phi) is 4.13. The van der Waals surface area contributed by atoms with Crippen LogP contribution in [0.4, 0.5) is 0 Å². The van der Waals surface area contributed by atoms with E-state index in [1.54, 1.807) is 0 Å². The van der Waals surface area contributed by atoms with Gasteiger partial charge in [0.1, 0.15) is 11.6 Å². The lowest BCUT2D eigenvalue weighted by atomic mass is 9.91. The van der Waals surface area contributed by atoms with Crippen LogP contribution in [0.5, 0.6) is 0 Å². The Balaban J connectivity index is 2.18. The van der Waals surface area contributed by atoms with Gasteiger partial charge in [-0.1, -0.05) is 23.8 Å². The van der Waals surface area contributed by atoms with Crippen molar-refractivity contribution in [1.29, 1.82) is 5.26 Å². The van der Waals surface area contributed by atoms with Gasteiger partial charge in [-0.15, -0.1) is 11.8 Å². The number of aliphatic carboxylic acids is 1. The molecule has 1 amide bonds. The third-order valence-electron chi connectivity index (χ3n) is 2.95. The lowest BCUT2D eigenvalue weighted by Gasteiger charge is -2.49. The second kappa shape index (κ2) is 5.49. The van der Waals surface area contributed by atoms with Gasteiger partial charge >= 0.3 is 5.97 Å². The van der Waals surface area contributed by atoms with Gasteiger partial charge in [0.05, 0.1) is 16.5 Å². The average molecular weight is 317 g/mol. The number of nitriles is 1. The summed E-state index contributed by atoms with van der Waals surface area (Å²) in [6.45, 7) is 0. The van der Waals surface area contributed by atoms with E-state index in [1.807, 2.05) is 6.07 Å². The molecule has 2 heterocycles. The zero-order chi connectivity index (χ0) is 14.2. The summed E-state index contributed by atoms with van der Waals surface area (Å²) in [6, 6.07) is 1.98. The van der Waals surface area contributed by atoms with E-state index in [0.29, 0.717) is 17.0 Å². The van der Waals surface area contributed by atoms with E-state index in [0.717, 1.165) is 0 Å². The second-order valence-electron chi connectivity index (χ2n) is 4.07. The Labute approximate surface area is 124 Å². The van der Waals surface area contributed by atoms with Crippen LogP contribution in [0.2, 0.25) is 0 Å². The van der Waals surface area contributed by atoms with Crippen LogP contribution in [0.15, 0.2) is 10.7 Å². The van der Waals surface area contributed by atoms with E-state index in [9.17, 15) is 9.59 Å². The van der Waals surface area contributed by atoms with E-state index < -0.39 is 11.9 Å². The van der Waals surface area contributed by atoms with Crippen LogP contribution in [-0.2, 0) is 9.59 Å². The number of halogens is 1. The van der Waals surface area contributed by atoms with E-state index in [4.69, 9.17) is 34.2 Å². The summed E-state index contributed by atoms with van der Waals surface area (Å²) >= 11 is 12.4. The summed E-state index contributed by atoms with van der Waals surface area (Å²) in [5.74, 6) is -1.66. The fourth-order valence-electron chi connectivity index (χ4n) is 2.08. The third-order valence-corrected chi connectivity index (χ3v) is 5.16. The van der Waals surface area contributed by atoms with Gasteiger partial charge in [-0.05, 0) is 6.42 Å². The molecule has 0 aromatic carbocycles. The second-order valence-corrected chi connectivity index (χ2v) is 6.16. The van der Waals surface area contributed by atoms with Crippen molar-refractivity contribution in [3.8, 4) is 6.07 Å². The molecule has 19 heavy (non-hydrogen) atoms. The van der Waals surface area contributed by atoms with Crippen LogP contribution in [-0.4, -0.2) is 37.9 Å². The molecule has 0 bridgehead atoms. The maximum absolute atomic E-state index is 12.0. The van der Waals surface area contributed by atoms with Crippen molar-refractivity contribution in [2.24, 2.45) is 5.92 Å². The molecule has 0 aromatic rings. The number of hydrogen-bond donors (Lipinski definition) is 1. The Bertz CT molecular complexity index is 541. The fourth-order valence-corrected chi connectivity index (χ4v) is 4.14. The van der Waals surface area contributed by atoms with Gasteiger partial charge in [0.2, 0.25) is 5.91 Å². The highest BCUT2D eigenvalue weighted by atomic mass is 35.5. The topological polar surface area (TPSA) is 81.4 Å². The molecular weight excluding hydrogens is 308 g/mol. The van der Waals surface area contributed by atoms with Crippen LogP contribution < -0.4 is 0 Å². The van der Waals surface area contributed by atoms with Crippen molar-refractivity contribution in [2.45, 2.75) is 18.2 Å². The molecule has 1 fully saturated rings. The lowest BCUT2D eigenvalue weighted by Crippen LogP contribution is -2.63. The summed E-state index contributed by atoms with van der Waals surface area (Å²) in [5.41, 5.74) is -0.144. The summed E-state index contributed by atoms with van der Waals surface area (Å²) < 4.78 is 0. The number of carboxylic acids is 1. The van der Waals surface area contributed by atoms with Crippen molar-refractivity contribution >= 4 is 52.3 Å². The Hall–Kier alpha value is -1.10. The molecule has 0 saturated carbocycles. The van der Waals surface area contributed by atoms with Gasteiger partial charge in [0.15, 0.2) is 0 Å². The number of nitrogens with zero attached hydrogens (tertiary/aromatic N) is 2. The molecule has 1 saturated heterocycles. The largest absolute Gasteiger partial charge is 0.477 e. The highest BCUT2D eigenvalue weighted by molar-refractivity contribution is 8.00. The first kappa shape index (κ1) is 14.3. The molecule has 1 N–H and O–H groups in total. The Morgan fingerprint density at radius 2 is 2.37 bits per heavy atom. The lowest BCUT2D eigenvalue weighted by molar-refractivity contribution is -0.149. The minimum Gasteiger partial charge on any atom is -0.477 e. The fraction of sp³-hybridized carbons (Fsp3) is 0.455. The SMILES string of the molecule is N#CCCC(=S)C1C(=O)N2C(C(=O)O)=C(Cl)CS[C@H]12. The highest BCUT2D eigenvalue weighted by Gasteiger charge is 2.54. The number of fused-ring (bicyclic) bond motifs is 1. The predicted octanol–water partition coefficient (Wildman–Crippen LogP) is 1.73. The van der Waals surface area contributed by atoms with E-state index in [1.165, 1.54) is 16.7 Å². The third kappa shape index (κ3) is 2.36. The molecule has 5 nitrogen and oxygen atoms in total. The smallest absolute Gasteiger partial charge is 0.353 e. The molecule has 2 aliphatic heterocycles. The van der Waals surface area contributed by atoms with E-state index >= 15 is 0 Å². The quantitative estimate of drug-likeness (QED) is 0.628. The Morgan fingerprint density at radius 1 is 1.68 bits per heavy atom. The van der Waals surface area contributed by atoms with Gasteiger partial charge in [-0.2, -0.15) is 5.26 Å². The summed E-state index contributed by atoms with van der Waals surface area (Å²) in [7, 11) is 0. The minimum absolute atomic E-state index is 0.144. The molecule has 100 valence electrons. The molecule has 0 aliphatic carbocycles. The van der Waals surface area contributed by atoms with Crippen LogP contribution >= 0.6 is 35.6 Å². The van der Waals surface area contributed by atoms with Gasteiger partial charge in [0.25, 0.3) is 0 Å². The standard InChI is InChI=1S/C11H9ClN2O3S2/c12-5-4-19-10-7(6(18)2-1-3-13)9(15)14(10)8(5)11(16)17/h7,10H,1-2,4H2,(H,16,17)/t7?,10-/m1/s1. The molecule has 2 aliphatic rings. The number of carbonyl (C=O) groups excluding carboxylic acids is 1. The van der Waals surface area contributed by atoms with Gasteiger partial charge in [0, 0.05) is 17.0 Å². The molecule has 0 radical (unpaired) electrons. The maximum atomic E-state index is 12.0. The molecule has 0 spiro atoms. The normalized spacial score (nSPS) is 25.5. The zero-order valence-corrected chi connectivity index (χ0v) is 12.0. The molecular formula is C11H9ClN2O3S2. The first-order valence-corrected chi connectivity index (χ1v) is 7.28. The number of thiocarbonyl (C=S) groups is 1. The van der Waals surface area contributed by atoms with Crippen molar-refractivity contribution in [2.75, 3.05) is 5.75 Å². The van der Waals surface area contributed by atoms with Crippen molar-refractivity contribution in [1.82, 2.24) is 4.90 Å². The number of carbonyl (C=O) groups is 2. The van der Waals surface area contributed by atoms with Crippen molar-refractivity contribution < 1.29 is 14.7 Å². The average Bonchev–Trinajstić information content (AvgIpc) is 2.36. The summed E-state index contributed by atoms with van der Waals surface area (Å²) in [4.78, 5) is 24.9. The van der Waals surface area contributed by atoms with Crippen LogP contribution in [0.3, 0.4) is 0 Å². The van der Waals surface area contributed by atoms with Gasteiger partial charge < -0.3 is 5.11 Å². The van der Waals surface area contributed by atoms with Crippen LogP contribution in [0.25, 0.3) is 0 Å². The van der Waals surface area contributed by atoms with E-state index in [2.05, 4.69) is 0 Å². The van der Waals surface area contributed by atoms with Crippen molar-refractivity contribution in [3.63, 3.8) is 0 Å². The number of hydrogen-bond acceptors (Lipinski definition) is 5. The minimum atomic E-state index is -1.20. The number of carboxylic acid groups (broad SMARTS) is 1. The molecule has 1 unspecified atom stereocenters. The number of β-lactam (4-membered cyclic amide) rings is 1. The maximum Gasteiger partial charge on any atom is 0.353 e. The molecule has 2 atom stereocenters. The molecule has 8 heteroatoms. The predicted molar refractivity (Wildman–Crippen MR) is 74.5 cm³/mol. The van der Waals surface area contributed by atoms with Crippen LogP contribution in [0, 0.1) is 17.2 Å². The van der Waals surface area contributed by atoms with E-state index in [-0.39, 0.29) is 28.4 Å². The van der Waals surface area contributed by atoms with Gasteiger partial charge in [-0.25, -0.2) is 4.79 Å². The van der Waals surface area contributed by atoms with Crippen LogP contribution in [0.1, 0.15) is 12.8 Å². The number of amides is 1. The van der Waals surface area contributed by atoms with Gasteiger partial charge in [-0.3, -0.25) is 9.69 Å². The number of thioether (sulfide) groups is 1. The first-order chi connectivity index (χ1) is 8.99. The Morgan fingerprint density at radius 3 is 2.95 bits per heavy atom. The summed E-state index contributed by atoms with van der Waals surface area (Å²) in [6.07, 6.45) is 0.648. The highest BCUT2D eigenvalue weighted by Crippen LogP contribution is 2.45. The molecule has 2 rings (SSSR count). The zero-order valence-electron chi connectivity index (χ0n) is 9.63. The summed E-state index contributed by atoms with van der Waals surface area (Å²) in [5, 5.41) is 17.5.